The monoisotopic (exact) mass is 568 g/mol. The van der Waals surface area contributed by atoms with E-state index in [4.69, 9.17) is 4.74 Å². The Bertz CT molecular complexity index is 1220. The highest BCUT2D eigenvalue weighted by molar-refractivity contribution is 5.93. The summed E-state index contributed by atoms with van der Waals surface area (Å²) in [6, 6.07) is 10.1. The summed E-state index contributed by atoms with van der Waals surface area (Å²) in [4.78, 5) is 42.4. The molecule has 4 amide bonds. The van der Waals surface area contributed by atoms with Crippen molar-refractivity contribution in [2.45, 2.75) is 64.5 Å². The molecule has 2 aliphatic rings. The van der Waals surface area contributed by atoms with Crippen molar-refractivity contribution in [1.82, 2.24) is 9.80 Å². The van der Waals surface area contributed by atoms with Crippen LogP contribution in [0, 0.1) is 17.7 Å². The summed E-state index contributed by atoms with van der Waals surface area (Å²) in [7, 11) is 1.64. The molecule has 1 fully saturated rings. The Kier molecular flexibility index (Phi) is 10.2. The van der Waals surface area contributed by atoms with Gasteiger partial charge in [-0.1, -0.05) is 26.2 Å². The van der Waals surface area contributed by atoms with Crippen molar-refractivity contribution >= 4 is 29.2 Å². The molecule has 2 aromatic rings. The molecule has 1 aliphatic heterocycles. The van der Waals surface area contributed by atoms with Gasteiger partial charge in [-0.3, -0.25) is 9.59 Å². The number of ether oxygens (including phenoxy) is 1. The highest BCUT2D eigenvalue weighted by Gasteiger charge is 2.32. The molecule has 1 heterocycles. The van der Waals surface area contributed by atoms with Gasteiger partial charge < -0.3 is 30.3 Å². The lowest BCUT2D eigenvalue weighted by atomic mass is 9.88. The van der Waals surface area contributed by atoms with Crippen molar-refractivity contribution < 1.29 is 28.6 Å². The number of urea groups is 1. The number of amides is 4. The molecule has 0 saturated heterocycles. The van der Waals surface area contributed by atoms with Crippen LogP contribution in [0.1, 0.15) is 51.5 Å². The predicted molar refractivity (Wildman–Crippen MR) is 155 cm³/mol. The number of hydrogen-bond acceptors (Lipinski definition) is 5. The Labute approximate surface area is 241 Å². The summed E-state index contributed by atoms with van der Waals surface area (Å²) in [5.74, 6) is -0.231. The minimum absolute atomic E-state index is 0.00391. The first-order chi connectivity index (χ1) is 19.6. The first kappa shape index (κ1) is 30.3. The van der Waals surface area contributed by atoms with Crippen molar-refractivity contribution in [3.63, 3.8) is 0 Å². The normalized spacial score (nSPS) is 20.5. The fraction of sp³-hybridized carbons (Fsp3) is 0.516. The standard InChI is InChI=1S/C31H41FN4O5/c1-20-17-36(21(2)19-37)29(38)16-23-15-26(33-30(39)22-7-5-4-6-8-22)13-14-27(23)41-28(20)18-35(3)31(40)34-25-11-9-24(32)10-12-25/h9-15,20-22,28,37H,4-8,16-19H2,1-3H3,(H,33,39)(H,34,40)/t20-,21-,28+/m0/s1. The third kappa shape index (κ3) is 7.97. The zero-order chi connectivity index (χ0) is 29.5. The van der Waals surface area contributed by atoms with Crippen LogP contribution in [-0.2, 0) is 16.0 Å². The minimum atomic E-state index is -0.486. The molecule has 2 aromatic carbocycles. The second kappa shape index (κ2) is 13.8. The Hall–Kier alpha value is -3.66. The molecule has 9 nitrogen and oxygen atoms in total. The second-order valence-electron chi connectivity index (χ2n) is 11.4. The van der Waals surface area contributed by atoms with Gasteiger partial charge in [0.25, 0.3) is 0 Å². The van der Waals surface area contributed by atoms with E-state index in [1.165, 1.54) is 29.2 Å². The second-order valence-corrected chi connectivity index (χ2v) is 11.4. The number of benzene rings is 2. The number of aliphatic hydroxyl groups is 1. The summed E-state index contributed by atoms with van der Waals surface area (Å²) in [6.45, 7) is 4.10. The maximum absolute atomic E-state index is 13.4. The topological polar surface area (TPSA) is 111 Å². The average Bonchev–Trinajstić information content (AvgIpc) is 3.01. The zero-order valence-electron chi connectivity index (χ0n) is 24.1. The molecular formula is C31H41FN4O5. The molecule has 3 N–H and O–H groups in total. The Morgan fingerprint density at radius 2 is 1.78 bits per heavy atom. The molecule has 1 saturated carbocycles. The van der Waals surface area contributed by atoms with Crippen LogP contribution in [-0.4, -0.2) is 71.6 Å². The first-order valence-electron chi connectivity index (χ1n) is 14.4. The quantitative estimate of drug-likeness (QED) is 0.450. The van der Waals surface area contributed by atoms with Crippen LogP contribution in [0.25, 0.3) is 0 Å². The molecule has 0 spiro atoms. The predicted octanol–water partition coefficient (Wildman–Crippen LogP) is 4.66. The molecule has 4 rings (SSSR count). The molecule has 222 valence electrons. The van der Waals surface area contributed by atoms with E-state index in [0.29, 0.717) is 29.2 Å². The number of rotatable bonds is 7. The van der Waals surface area contributed by atoms with Gasteiger partial charge in [-0.25, -0.2) is 9.18 Å². The van der Waals surface area contributed by atoms with E-state index in [2.05, 4.69) is 10.6 Å². The van der Waals surface area contributed by atoms with E-state index in [1.54, 1.807) is 37.1 Å². The summed E-state index contributed by atoms with van der Waals surface area (Å²) in [6.07, 6.45) is 4.60. The van der Waals surface area contributed by atoms with Gasteiger partial charge in [0.15, 0.2) is 0 Å². The zero-order valence-corrected chi connectivity index (χ0v) is 24.1. The fourth-order valence-electron chi connectivity index (χ4n) is 5.44. The molecule has 0 unspecified atom stereocenters. The van der Waals surface area contributed by atoms with Gasteiger partial charge in [-0.15, -0.1) is 0 Å². The van der Waals surface area contributed by atoms with Crippen LogP contribution in [0.4, 0.5) is 20.6 Å². The van der Waals surface area contributed by atoms with Crippen molar-refractivity contribution in [1.29, 1.82) is 0 Å². The van der Waals surface area contributed by atoms with Crippen molar-refractivity contribution in [3.05, 3.63) is 53.8 Å². The van der Waals surface area contributed by atoms with E-state index in [-0.39, 0.29) is 49.3 Å². The lowest BCUT2D eigenvalue weighted by Gasteiger charge is -2.34. The molecule has 3 atom stereocenters. The third-order valence-corrected chi connectivity index (χ3v) is 8.06. The summed E-state index contributed by atoms with van der Waals surface area (Å²) >= 11 is 0. The Morgan fingerprint density at radius 1 is 1.10 bits per heavy atom. The van der Waals surface area contributed by atoms with Crippen LogP contribution >= 0.6 is 0 Å². The maximum Gasteiger partial charge on any atom is 0.321 e. The highest BCUT2D eigenvalue weighted by Crippen LogP contribution is 2.30. The van der Waals surface area contributed by atoms with Crippen molar-refractivity contribution in [3.8, 4) is 5.75 Å². The van der Waals surface area contributed by atoms with Crippen LogP contribution in [0.3, 0.4) is 0 Å². The number of aliphatic hydroxyl groups excluding tert-OH is 1. The van der Waals surface area contributed by atoms with Gasteiger partial charge in [0.1, 0.15) is 17.7 Å². The van der Waals surface area contributed by atoms with Crippen molar-refractivity contribution in [2.75, 3.05) is 37.4 Å². The molecule has 41 heavy (non-hydrogen) atoms. The summed E-state index contributed by atoms with van der Waals surface area (Å²) < 4.78 is 19.7. The largest absolute Gasteiger partial charge is 0.488 e. The molecular weight excluding hydrogens is 527 g/mol. The van der Waals surface area contributed by atoms with Crippen LogP contribution in [0.5, 0.6) is 5.75 Å². The third-order valence-electron chi connectivity index (χ3n) is 8.06. The SMILES string of the molecule is C[C@H]1CN([C@@H](C)CO)C(=O)Cc2cc(NC(=O)C3CCCCC3)ccc2O[C@@H]1CN(C)C(=O)Nc1ccc(F)cc1. The smallest absolute Gasteiger partial charge is 0.321 e. The van der Waals surface area contributed by atoms with E-state index >= 15 is 0 Å². The maximum atomic E-state index is 13.4. The minimum Gasteiger partial charge on any atom is -0.488 e. The number of fused-ring (bicyclic) bond motifs is 1. The molecule has 0 aromatic heterocycles. The van der Waals surface area contributed by atoms with Crippen LogP contribution in [0.2, 0.25) is 0 Å². The van der Waals surface area contributed by atoms with Gasteiger partial charge in [0.2, 0.25) is 11.8 Å². The highest BCUT2D eigenvalue weighted by atomic mass is 19.1. The number of halogens is 1. The summed E-state index contributed by atoms with van der Waals surface area (Å²) in [5.41, 5.74) is 1.70. The van der Waals surface area contributed by atoms with E-state index in [0.717, 1.165) is 32.1 Å². The summed E-state index contributed by atoms with van der Waals surface area (Å²) in [5, 5.41) is 15.6. The van der Waals surface area contributed by atoms with Gasteiger partial charge >= 0.3 is 6.03 Å². The molecule has 0 radical (unpaired) electrons. The molecule has 10 heteroatoms. The molecule has 0 bridgehead atoms. The number of carbonyl (C=O) groups excluding carboxylic acids is 3. The van der Waals surface area contributed by atoms with E-state index in [9.17, 15) is 23.9 Å². The number of carbonyl (C=O) groups is 3. The number of nitrogens with zero attached hydrogens (tertiary/aromatic N) is 2. The van der Waals surface area contributed by atoms with Gasteiger partial charge in [0.05, 0.1) is 25.6 Å². The average molecular weight is 569 g/mol. The fourth-order valence-corrected chi connectivity index (χ4v) is 5.44. The molecule has 1 aliphatic carbocycles. The van der Waals surface area contributed by atoms with Crippen molar-refractivity contribution in [2.24, 2.45) is 11.8 Å². The van der Waals surface area contributed by atoms with Gasteiger partial charge in [-0.2, -0.15) is 0 Å². The van der Waals surface area contributed by atoms with Crippen LogP contribution in [0.15, 0.2) is 42.5 Å². The van der Waals surface area contributed by atoms with E-state index < -0.39 is 18.0 Å². The Morgan fingerprint density at radius 3 is 2.46 bits per heavy atom. The Balaban J connectivity index is 1.55. The lowest BCUT2D eigenvalue weighted by Crippen LogP contribution is -2.48. The lowest BCUT2D eigenvalue weighted by molar-refractivity contribution is -0.134. The first-order valence-corrected chi connectivity index (χ1v) is 14.4. The van der Waals surface area contributed by atoms with E-state index in [1.807, 2.05) is 6.92 Å². The number of anilines is 2. The number of hydrogen-bond donors (Lipinski definition) is 3. The van der Waals surface area contributed by atoms with Gasteiger partial charge in [-0.05, 0) is 62.2 Å². The number of likely N-dealkylation sites (N-methyl/N-ethyl adjacent to an activating group) is 1. The number of nitrogens with one attached hydrogen (secondary N) is 2. The van der Waals surface area contributed by atoms with Gasteiger partial charge in [0, 0.05) is 42.4 Å². The van der Waals surface area contributed by atoms with Crippen LogP contribution < -0.4 is 15.4 Å².